The number of hydrogen-bond donors (Lipinski definition) is 2. The third kappa shape index (κ3) is 6.45. The third-order valence-electron chi connectivity index (χ3n) is 5.64. The van der Waals surface area contributed by atoms with Crippen molar-refractivity contribution < 1.29 is 38.5 Å². The number of carboxylic acids is 1. The molecule has 2 aliphatic heterocycles. The molecule has 2 aromatic carbocycles. The Balaban J connectivity index is 1.49. The molecular weight excluding hydrogens is 514 g/mol. The molecular formula is C26H27N3O8S. The molecule has 2 heterocycles. The maximum absolute atomic E-state index is 13.1. The molecule has 12 heteroatoms. The summed E-state index contributed by atoms with van der Waals surface area (Å²) in [5.74, 6) is -1.88. The zero-order chi connectivity index (χ0) is 27.1. The summed E-state index contributed by atoms with van der Waals surface area (Å²) in [6, 6.07) is 12.2. The summed E-state index contributed by atoms with van der Waals surface area (Å²) in [4.78, 5) is 52.7. The molecule has 4 rings (SSSR count). The highest BCUT2D eigenvalue weighted by molar-refractivity contribution is 8.18. The lowest BCUT2D eigenvalue weighted by Gasteiger charge is -2.30. The van der Waals surface area contributed by atoms with Crippen LogP contribution in [0.1, 0.15) is 12.5 Å². The van der Waals surface area contributed by atoms with Crippen LogP contribution in [0.4, 0.5) is 16.2 Å². The highest BCUT2D eigenvalue weighted by Gasteiger charge is 2.36. The van der Waals surface area contributed by atoms with Gasteiger partial charge in [0.15, 0.2) is 18.1 Å². The second kappa shape index (κ2) is 12.5. The Hall–Kier alpha value is -4.03. The number of anilines is 2. The first-order chi connectivity index (χ1) is 18.4. The minimum atomic E-state index is -1.18. The third-order valence-corrected chi connectivity index (χ3v) is 6.55. The highest BCUT2D eigenvalue weighted by atomic mass is 32.2. The van der Waals surface area contributed by atoms with Crippen LogP contribution < -0.4 is 19.7 Å². The SMILES string of the molecule is CCOc1cccc(/C=C2\SC(=O)N(CC(=O)Nc3ccccc3N3CCOCC3)C2=O)c1OCC(=O)O. The van der Waals surface area contributed by atoms with E-state index in [-0.39, 0.29) is 10.7 Å². The van der Waals surface area contributed by atoms with Crippen LogP contribution in [0.2, 0.25) is 0 Å². The number of nitrogens with one attached hydrogen (secondary N) is 1. The van der Waals surface area contributed by atoms with Gasteiger partial charge < -0.3 is 29.5 Å². The first kappa shape index (κ1) is 27.0. The second-order valence-corrected chi connectivity index (χ2v) is 9.22. The average molecular weight is 542 g/mol. The number of morpholine rings is 1. The molecule has 0 aliphatic carbocycles. The zero-order valence-electron chi connectivity index (χ0n) is 20.7. The van der Waals surface area contributed by atoms with Crippen molar-refractivity contribution >= 4 is 52.2 Å². The number of nitrogens with zero attached hydrogens (tertiary/aromatic N) is 2. The van der Waals surface area contributed by atoms with E-state index in [0.717, 1.165) is 10.6 Å². The van der Waals surface area contributed by atoms with Crippen LogP contribution in [-0.2, 0) is 19.1 Å². The Bertz CT molecular complexity index is 1260. The number of carbonyl (C=O) groups is 4. The predicted octanol–water partition coefficient (Wildman–Crippen LogP) is 3.06. The number of rotatable bonds is 10. The van der Waals surface area contributed by atoms with Crippen LogP contribution in [0.15, 0.2) is 47.4 Å². The van der Waals surface area contributed by atoms with Crippen LogP contribution in [0, 0.1) is 0 Å². The lowest BCUT2D eigenvalue weighted by molar-refractivity contribution is -0.139. The molecule has 38 heavy (non-hydrogen) atoms. The van der Waals surface area contributed by atoms with Gasteiger partial charge in [-0.3, -0.25) is 19.3 Å². The first-order valence-electron chi connectivity index (χ1n) is 11.9. The fraction of sp³-hybridized carbons (Fsp3) is 0.308. The lowest BCUT2D eigenvalue weighted by atomic mass is 10.1. The van der Waals surface area contributed by atoms with Crippen LogP contribution in [0.5, 0.6) is 11.5 Å². The van der Waals surface area contributed by atoms with Gasteiger partial charge in [-0.2, -0.15) is 0 Å². The van der Waals surface area contributed by atoms with E-state index in [1.54, 1.807) is 37.3 Å². The minimum absolute atomic E-state index is 0.0744. The maximum Gasteiger partial charge on any atom is 0.341 e. The number of carboxylic acid groups (broad SMARTS) is 1. The molecule has 0 radical (unpaired) electrons. The maximum atomic E-state index is 13.1. The molecule has 0 unspecified atom stereocenters. The molecule has 0 aromatic heterocycles. The van der Waals surface area contributed by atoms with Crippen LogP contribution >= 0.6 is 11.8 Å². The standard InChI is InChI=1S/C26H27N3O8S/c1-2-36-20-9-5-6-17(24(20)37-16-23(31)32)14-21-25(33)29(26(34)38-21)15-22(30)27-18-7-3-4-8-19(18)28-10-12-35-13-11-28/h3-9,14H,2,10-13,15-16H2,1H3,(H,27,30)(H,31,32)/b21-14-. The minimum Gasteiger partial charge on any atom is -0.490 e. The van der Waals surface area contributed by atoms with Crippen LogP contribution in [0.3, 0.4) is 0 Å². The molecule has 2 fully saturated rings. The number of amides is 3. The molecule has 0 spiro atoms. The molecule has 3 amide bonds. The summed E-state index contributed by atoms with van der Waals surface area (Å²) >= 11 is 0.687. The van der Waals surface area contributed by atoms with E-state index >= 15 is 0 Å². The van der Waals surface area contributed by atoms with E-state index in [4.69, 9.17) is 19.3 Å². The molecule has 0 saturated carbocycles. The van der Waals surface area contributed by atoms with Crippen molar-refractivity contribution in [1.82, 2.24) is 4.90 Å². The number of carbonyl (C=O) groups excluding carboxylic acids is 3. The summed E-state index contributed by atoms with van der Waals surface area (Å²) in [5, 5.41) is 11.2. The normalized spacial score (nSPS) is 16.6. The number of thioether (sulfide) groups is 1. The predicted molar refractivity (Wildman–Crippen MR) is 142 cm³/mol. The smallest absolute Gasteiger partial charge is 0.341 e. The number of para-hydroxylation sites is 3. The van der Waals surface area contributed by atoms with Crippen molar-refractivity contribution in [2.24, 2.45) is 0 Å². The topological polar surface area (TPSA) is 135 Å². The number of benzene rings is 2. The average Bonchev–Trinajstić information content (AvgIpc) is 3.16. The van der Waals surface area contributed by atoms with Gasteiger partial charge >= 0.3 is 5.97 Å². The van der Waals surface area contributed by atoms with Crippen molar-refractivity contribution in [3.05, 3.63) is 52.9 Å². The van der Waals surface area contributed by atoms with Gasteiger partial charge in [-0.15, -0.1) is 0 Å². The molecule has 11 nitrogen and oxygen atoms in total. The van der Waals surface area contributed by atoms with Gasteiger partial charge in [0.1, 0.15) is 6.54 Å². The van der Waals surface area contributed by atoms with E-state index < -0.39 is 36.2 Å². The van der Waals surface area contributed by atoms with Crippen molar-refractivity contribution in [3.63, 3.8) is 0 Å². The Morgan fingerprint density at radius 2 is 1.87 bits per heavy atom. The Morgan fingerprint density at radius 3 is 2.61 bits per heavy atom. The summed E-state index contributed by atoms with van der Waals surface area (Å²) in [6.45, 7) is 3.55. The Morgan fingerprint density at radius 1 is 1.11 bits per heavy atom. The monoisotopic (exact) mass is 541 g/mol. The molecule has 2 aromatic rings. The van der Waals surface area contributed by atoms with Crippen molar-refractivity contribution in [3.8, 4) is 11.5 Å². The number of aliphatic carboxylic acids is 1. The Labute approximate surface area is 223 Å². The van der Waals surface area contributed by atoms with Gasteiger partial charge in [0.05, 0.1) is 36.1 Å². The number of imide groups is 1. The van der Waals surface area contributed by atoms with E-state index in [9.17, 15) is 19.2 Å². The van der Waals surface area contributed by atoms with E-state index in [1.807, 2.05) is 12.1 Å². The van der Waals surface area contributed by atoms with Gasteiger partial charge in [0, 0.05) is 18.7 Å². The van der Waals surface area contributed by atoms with Crippen LogP contribution in [0.25, 0.3) is 6.08 Å². The van der Waals surface area contributed by atoms with E-state index in [2.05, 4.69) is 10.2 Å². The van der Waals surface area contributed by atoms with Gasteiger partial charge in [-0.25, -0.2) is 4.79 Å². The molecule has 200 valence electrons. The fourth-order valence-electron chi connectivity index (χ4n) is 3.97. The fourth-order valence-corrected chi connectivity index (χ4v) is 4.80. The lowest BCUT2D eigenvalue weighted by Crippen LogP contribution is -2.38. The zero-order valence-corrected chi connectivity index (χ0v) is 21.5. The quantitative estimate of drug-likeness (QED) is 0.432. The van der Waals surface area contributed by atoms with Gasteiger partial charge in [-0.1, -0.05) is 24.3 Å². The van der Waals surface area contributed by atoms with Gasteiger partial charge in [0.25, 0.3) is 11.1 Å². The van der Waals surface area contributed by atoms with Gasteiger partial charge in [-0.05, 0) is 43.0 Å². The first-order valence-corrected chi connectivity index (χ1v) is 12.8. The van der Waals surface area contributed by atoms with Crippen molar-refractivity contribution in [2.45, 2.75) is 6.92 Å². The largest absolute Gasteiger partial charge is 0.490 e. The van der Waals surface area contributed by atoms with E-state index in [1.165, 1.54) is 6.08 Å². The summed E-state index contributed by atoms with van der Waals surface area (Å²) in [6.07, 6.45) is 1.43. The van der Waals surface area contributed by atoms with Crippen LogP contribution in [-0.4, -0.2) is 79.1 Å². The van der Waals surface area contributed by atoms with Crippen molar-refractivity contribution in [1.29, 1.82) is 0 Å². The number of hydrogen-bond acceptors (Lipinski definition) is 9. The molecule has 2 saturated heterocycles. The summed E-state index contributed by atoms with van der Waals surface area (Å²) < 4.78 is 16.3. The molecule has 2 aliphatic rings. The van der Waals surface area contributed by atoms with E-state index in [0.29, 0.717) is 61.7 Å². The molecule has 0 bridgehead atoms. The summed E-state index contributed by atoms with van der Waals surface area (Å²) in [5.41, 5.74) is 1.78. The Kier molecular flexibility index (Phi) is 8.87. The number of ether oxygens (including phenoxy) is 3. The molecule has 2 N–H and O–H groups in total. The second-order valence-electron chi connectivity index (χ2n) is 8.22. The molecule has 0 atom stereocenters. The van der Waals surface area contributed by atoms with Gasteiger partial charge in [0.2, 0.25) is 5.91 Å². The van der Waals surface area contributed by atoms with Crippen molar-refractivity contribution in [2.75, 3.05) is 56.3 Å². The summed E-state index contributed by atoms with van der Waals surface area (Å²) in [7, 11) is 0. The highest BCUT2D eigenvalue weighted by Crippen LogP contribution is 2.37.